The predicted molar refractivity (Wildman–Crippen MR) is 67.9 cm³/mol. The van der Waals surface area contributed by atoms with Gasteiger partial charge >= 0.3 is 5.97 Å². The third kappa shape index (κ3) is 3.65. The third-order valence-corrected chi connectivity index (χ3v) is 2.29. The lowest BCUT2D eigenvalue weighted by Gasteiger charge is -2.08. The van der Waals surface area contributed by atoms with Crippen LogP contribution in [0, 0.1) is 15.9 Å². The van der Waals surface area contributed by atoms with Gasteiger partial charge in [-0.3, -0.25) is 10.1 Å². The van der Waals surface area contributed by atoms with Crippen LogP contribution >= 0.6 is 11.6 Å². The number of nitro groups is 1. The van der Waals surface area contributed by atoms with Crippen molar-refractivity contribution in [2.45, 2.75) is 0 Å². The number of rotatable bonds is 5. The van der Waals surface area contributed by atoms with Crippen LogP contribution < -0.4 is 5.32 Å². The zero-order valence-electron chi connectivity index (χ0n) is 9.91. The molecule has 0 unspecified atom stereocenters. The molecule has 0 saturated carbocycles. The Morgan fingerprint density at radius 3 is 2.74 bits per heavy atom. The molecule has 1 aromatic rings. The van der Waals surface area contributed by atoms with Crippen molar-refractivity contribution < 1.29 is 18.8 Å². The Morgan fingerprint density at radius 2 is 2.26 bits per heavy atom. The van der Waals surface area contributed by atoms with E-state index in [0.717, 1.165) is 13.2 Å². The van der Waals surface area contributed by atoms with Crippen LogP contribution in [0.2, 0.25) is 0 Å². The van der Waals surface area contributed by atoms with Gasteiger partial charge in [0.25, 0.3) is 5.69 Å². The zero-order chi connectivity index (χ0) is 14.6. The fraction of sp³-hybridized carbons (Fsp3) is 0.182. The maximum Gasteiger partial charge on any atom is 0.340 e. The van der Waals surface area contributed by atoms with Gasteiger partial charge in [-0.15, -0.1) is 0 Å². The molecule has 0 aliphatic rings. The summed E-state index contributed by atoms with van der Waals surface area (Å²) in [5.41, 5.74) is -0.965. The van der Waals surface area contributed by atoms with E-state index in [4.69, 9.17) is 11.6 Å². The number of methoxy groups -OCH3 is 1. The number of hydrogen-bond acceptors (Lipinski definition) is 5. The Hall–Kier alpha value is -2.15. The van der Waals surface area contributed by atoms with E-state index in [1.165, 1.54) is 0 Å². The predicted octanol–water partition coefficient (Wildman–Crippen LogP) is 2.68. The van der Waals surface area contributed by atoms with E-state index < -0.39 is 28.0 Å². The number of nitrogens with zero attached hydrogens (tertiary/aromatic N) is 1. The highest BCUT2D eigenvalue weighted by atomic mass is 35.5. The molecule has 0 aromatic heterocycles. The second-order valence-corrected chi connectivity index (χ2v) is 4.00. The zero-order valence-corrected chi connectivity index (χ0v) is 10.7. The summed E-state index contributed by atoms with van der Waals surface area (Å²) in [5, 5.41) is 13.6. The van der Waals surface area contributed by atoms with Gasteiger partial charge in [0.05, 0.1) is 30.2 Å². The van der Waals surface area contributed by atoms with E-state index in [1.54, 1.807) is 0 Å². The summed E-state index contributed by atoms with van der Waals surface area (Å²) in [6, 6.07) is 1.64. The average Bonchev–Trinajstić information content (AvgIpc) is 2.35. The number of esters is 1. The van der Waals surface area contributed by atoms with Crippen molar-refractivity contribution in [2.75, 3.05) is 19.0 Å². The minimum absolute atomic E-state index is 0.0363. The van der Waals surface area contributed by atoms with Crippen molar-refractivity contribution in [3.8, 4) is 0 Å². The SMILES string of the molecule is C=C(Cl)CNc1cc(C(=O)OC)c(F)cc1[N+](=O)[O-]. The smallest absolute Gasteiger partial charge is 0.340 e. The van der Waals surface area contributed by atoms with Crippen LogP contribution in [0.5, 0.6) is 0 Å². The summed E-state index contributed by atoms with van der Waals surface area (Å²) >= 11 is 5.53. The molecule has 0 heterocycles. The molecule has 6 nitrogen and oxygen atoms in total. The van der Waals surface area contributed by atoms with Gasteiger partial charge in [0, 0.05) is 5.03 Å². The van der Waals surface area contributed by atoms with Crippen LogP contribution in [0.3, 0.4) is 0 Å². The minimum Gasteiger partial charge on any atom is -0.465 e. The van der Waals surface area contributed by atoms with Crippen LogP contribution in [0.1, 0.15) is 10.4 Å². The lowest BCUT2D eigenvalue weighted by Crippen LogP contribution is -2.09. The molecule has 8 heteroatoms. The molecular formula is C11H10ClFN2O4. The quantitative estimate of drug-likeness (QED) is 0.512. The summed E-state index contributed by atoms with van der Waals surface area (Å²) in [7, 11) is 1.08. The van der Waals surface area contributed by atoms with Gasteiger partial charge in [0.2, 0.25) is 0 Å². The van der Waals surface area contributed by atoms with Gasteiger partial charge in [-0.2, -0.15) is 0 Å². The number of hydrogen-bond donors (Lipinski definition) is 1. The Kier molecular flexibility index (Phi) is 4.82. The number of carbonyl (C=O) groups is 1. The molecule has 0 bridgehead atoms. The molecule has 1 N–H and O–H groups in total. The molecule has 0 saturated heterocycles. The fourth-order valence-corrected chi connectivity index (χ4v) is 1.38. The Morgan fingerprint density at radius 1 is 1.63 bits per heavy atom. The normalized spacial score (nSPS) is 9.84. The first kappa shape index (κ1) is 14.9. The fourth-order valence-electron chi connectivity index (χ4n) is 1.31. The Balaban J connectivity index is 3.26. The second-order valence-electron chi connectivity index (χ2n) is 3.47. The summed E-state index contributed by atoms with van der Waals surface area (Å²) in [6.07, 6.45) is 0. The molecule has 102 valence electrons. The van der Waals surface area contributed by atoms with Crippen LogP contribution in [0.15, 0.2) is 23.7 Å². The molecule has 0 aliphatic heterocycles. The van der Waals surface area contributed by atoms with E-state index >= 15 is 0 Å². The number of ether oxygens (including phenoxy) is 1. The minimum atomic E-state index is -1.03. The van der Waals surface area contributed by atoms with Gasteiger partial charge in [-0.25, -0.2) is 9.18 Å². The van der Waals surface area contributed by atoms with Gasteiger partial charge in [-0.1, -0.05) is 18.2 Å². The molecule has 0 atom stereocenters. The number of benzene rings is 1. The van der Waals surface area contributed by atoms with Crippen LogP contribution in [0.4, 0.5) is 15.8 Å². The van der Waals surface area contributed by atoms with E-state index in [-0.39, 0.29) is 17.3 Å². The van der Waals surface area contributed by atoms with Gasteiger partial charge in [0.1, 0.15) is 11.5 Å². The highest BCUT2D eigenvalue weighted by Gasteiger charge is 2.22. The van der Waals surface area contributed by atoms with Crippen molar-refractivity contribution in [3.63, 3.8) is 0 Å². The lowest BCUT2D eigenvalue weighted by atomic mass is 10.1. The number of nitro benzene ring substituents is 1. The van der Waals surface area contributed by atoms with Crippen molar-refractivity contribution in [1.29, 1.82) is 0 Å². The molecule has 19 heavy (non-hydrogen) atoms. The average molecular weight is 289 g/mol. The number of carbonyl (C=O) groups excluding carboxylic acids is 1. The monoisotopic (exact) mass is 288 g/mol. The first-order valence-corrected chi connectivity index (χ1v) is 5.38. The molecule has 0 radical (unpaired) electrons. The molecule has 0 aliphatic carbocycles. The topological polar surface area (TPSA) is 81.5 Å². The number of nitrogens with one attached hydrogen (secondary N) is 1. The highest BCUT2D eigenvalue weighted by Crippen LogP contribution is 2.28. The maximum absolute atomic E-state index is 13.6. The summed E-state index contributed by atoms with van der Waals surface area (Å²) in [5.74, 6) is -1.96. The number of halogens is 2. The molecule has 0 amide bonds. The summed E-state index contributed by atoms with van der Waals surface area (Å²) < 4.78 is 17.9. The van der Waals surface area contributed by atoms with Crippen molar-refractivity contribution in [1.82, 2.24) is 0 Å². The highest BCUT2D eigenvalue weighted by molar-refractivity contribution is 6.29. The standard InChI is InChI=1S/C11H10ClFN2O4/c1-6(12)5-14-9-3-7(11(16)19-2)8(13)4-10(9)15(17)18/h3-4,14H,1,5H2,2H3. The Labute approximate surface area is 113 Å². The largest absolute Gasteiger partial charge is 0.465 e. The van der Waals surface area contributed by atoms with E-state index in [9.17, 15) is 19.3 Å². The van der Waals surface area contributed by atoms with Crippen molar-refractivity contribution >= 4 is 28.9 Å². The Bertz CT molecular complexity index is 548. The lowest BCUT2D eigenvalue weighted by molar-refractivity contribution is -0.384. The van der Waals surface area contributed by atoms with E-state index in [1.807, 2.05) is 0 Å². The third-order valence-electron chi connectivity index (χ3n) is 2.16. The van der Waals surface area contributed by atoms with E-state index in [2.05, 4.69) is 16.6 Å². The van der Waals surface area contributed by atoms with Gasteiger partial charge in [-0.05, 0) is 6.07 Å². The summed E-state index contributed by atoms with van der Waals surface area (Å²) in [6.45, 7) is 3.44. The first-order chi connectivity index (χ1) is 8.86. The molecular weight excluding hydrogens is 279 g/mol. The van der Waals surface area contributed by atoms with Crippen LogP contribution in [-0.4, -0.2) is 24.5 Å². The van der Waals surface area contributed by atoms with Gasteiger partial charge in [0.15, 0.2) is 0 Å². The molecule has 0 spiro atoms. The summed E-state index contributed by atoms with van der Waals surface area (Å²) in [4.78, 5) is 21.3. The first-order valence-electron chi connectivity index (χ1n) is 5.00. The number of anilines is 1. The van der Waals surface area contributed by atoms with E-state index in [0.29, 0.717) is 6.07 Å². The van der Waals surface area contributed by atoms with Crippen molar-refractivity contribution in [3.05, 3.63) is 45.2 Å². The molecule has 0 fully saturated rings. The van der Waals surface area contributed by atoms with Gasteiger partial charge < -0.3 is 10.1 Å². The second kappa shape index (κ2) is 6.14. The van der Waals surface area contributed by atoms with Crippen LogP contribution in [0.25, 0.3) is 0 Å². The molecule has 1 rings (SSSR count). The maximum atomic E-state index is 13.6. The molecule has 1 aromatic carbocycles. The van der Waals surface area contributed by atoms with Crippen molar-refractivity contribution in [2.24, 2.45) is 0 Å². The van der Waals surface area contributed by atoms with Crippen LogP contribution in [-0.2, 0) is 4.74 Å².